The van der Waals surface area contributed by atoms with Crippen molar-refractivity contribution in [1.82, 2.24) is 19.9 Å². The highest BCUT2D eigenvalue weighted by molar-refractivity contribution is 6.33. The number of hydrogen-bond acceptors (Lipinski definition) is 4. The maximum atomic E-state index is 6.50. The number of piperazine rings is 1. The van der Waals surface area contributed by atoms with Crippen LogP contribution in [0.5, 0.6) is 0 Å². The van der Waals surface area contributed by atoms with Gasteiger partial charge in [0, 0.05) is 44.0 Å². The number of pyridine rings is 1. The highest BCUT2D eigenvalue weighted by Crippen LogP contribution is 2.32. The number of nitrogens with zero attached hydrogens (tertiary/aromatic N) is 4. The second-order valence-corrected chi connectivity index (χ2v) is 7.18. The van der Waals surface area contributed by atoms with Gasteiger partial charge in [0.2, 0.25) is 0 Å². The quantitative estimate of drug-likeness (QED) is 0.764. The van der Waals surface area contributed by atoms with E-state index in [-0.39, 0.29) is 0 Å². The fourth-order valence-electron chi connectivity index (χ4n) is 3.71. The van der Waals surface area contributed by atoms with Crippen molar-refractivity contribution >= 4 is 28.5 Å². The molecule has 0 amide bonds. The van der Waals surface area contributed by atoms with Crippen LogP contribution in [0.3, 0.4) is 0 Å². The summed E-state index contributed by atoms with van der Waals surface area (Å²) in [4.78, 5) is 11.7. The third kappa shape index (κ3) is 2.77. The summed E-state index contributed by atoms with van der Waals surface area (Å²) in [5.41, 5.74) is 2.98. The topological polar surface area (TPSA) is 46.0 Å². The van der Waals surface area contributed by atoms with E-state index in [0.29, 0.717) is 17.1 Å². The summed E-state index contributed by atoms with van der Waals surface area (Å²) >= 11 is 6.50. The van der Waals surface area contributed by atoms with E-state index in [0.717, 1.165) is 41.3 Å². The summed E-state index contributed by atoms with van der Waals surface area (Å²) in [6, 6.07) is 11.0. The van der Waals surface area contributed by atoms with Gasteiger partial charge in [0.25, 0.3) is 0 Å². The molecule has 1 aliphatic rings. The molecule has 0 bridgehead atoms. The first-order valence-corrected chi connectivity index (χ1v) is 9.00. The molecule has 0 spiro atoms. The normalized spacial score (nSPS) is 21.0. The molecule has 6 heteroatoms. The number of nitrogens with one attached hydrogen (secondary N) is 1. The Morgan fingerprint density at radius 1 is 1.16 bits per heavy atom. The molecular weight excluding hydrogens is 334 g/mol. The first kappa shape index (κ1) is 16.4. The van der Waals surface area contributed by atoms with Gasteiger partial charge in [0.1, 0.15) is 11.6 Å². The average molecular weight is 356 g/mol. The third-order valence-corrected chi connectivity index (χ3v) is 5.26. The summed E-state index contributed by atoms with van der Waals surface area (Å²) in [7, 11) is 2.02. The largest absolute Gasteiger partial charge is 0.349 e. The molecule has 0 radical (unpaired) electrons. The van der Waals surface area contributed by atoms with Gasteiger partial charge in [0.15, 0.2) is 0 Å². The van der Waals surface area contributed by atoms with Crippen LogP contribution < -0.4 is 10.2 Å². The van der Waals surface area contributed by atoms with E-state index in [4.69, 9.17) is 16.6 Å². The van der Waals surface area contributed by atoms with Crippen molar-refractivity contribution < 1.29 is 0 Å². The van der Waals surface area contributed by atoms with Crippen molar-refractivity contribution in [2.75, 3.05) is 18.0 Å². The highest BCUT2D eigenvalue weighted by Gasteiger charge is 2.26. The molecule has 1 saturated heterocycles. The molecule has 5 nitrogen and oxygen atoms in total. The fraction of sp³-hybridized carbons (Fsp3) is 0.368. The number of aryl methyl sites for hydroxylation is 1. The summed E-state index contributed by atoms with van der Waals surface area (Å²) in [5, 5.41) is 4.08. The van der Waals surface area contributed by atoms with Gasteiger partial charge in [-0.3, -0.25) is 0 Å². The minimum absolute atomic E-state index is 0.380. The monoisotopic (exact) mass is 355 g/mol. The lowest BCUT2D eigenvalue weighted by Crippen LogP contribution is -2.55. The van der Waals surface area contributed by atoms with Crippen LogP contribution in [0.25, 0.3) is 22.4 Å². The number of para-hydroxylation sites is 2. The van der Waals surface area contributed by atoms with Crippen molar-refractivity contribution in [1.29, 1.82) is 0 Å². The van der Waals surface area contributed by atoms with Gasteiger partial charge < -0.3 is 14.8 Å². The van der Waals surface area contributed by atoms with Crippen molar-refractivity contribution in [3.8, 4) is 11.4 Å². The Bertz CT molecular complexity index is 909. The lowest BCUT2D eigenvalue weighted by atomic mass is 10.1. The zero-order chi connectivity index (χ0) is 17.6. The predicted molar refractivity (Wildman–Crippen MR) is 103 cm³/mol. The van der Waals surface area contributed by atoms with Gasteiger partial charge in [-0.2, -0.15) is 0 Å². The molecule has 1 aliphatic heterocycles. The van der Waals surface area contributed by atoms with Crippen molar-refractivity contribution in [2.24, 2.45) is 7.05 Å². The molecule has 0 saturated carbocycles. The van der Waals surface area contributed by atoms with E-state index in [2.05, 4.69) is 45.7 Å². The number of aromatic nitrogens is 3. The third-order valence-electron chi connectivity index (χ3n) is 4.96. The number of fused-ring (bicyclic) bond motifs is 1. The Morgan fingerprint density at radius 2 is 1.88 bits per heavy atom. The van der Waals surface area contributed by atoms with Crippen LogP contribution in [-0.4, -0.2) is 39.7 Å². The van der Waals surface area contributed by atoms with E-state index in [1.807, 2.05) is 25.2 Å². The number of halogens is 1. The molecule has 1 fully saturated rings. The summed E-state index contributed by atoms with van der Waals surface area (Å²) < 4.78 is 2.09. The van der Waals surface area contributed by atoms with E-state index in [1.54, 1.807) is 6.20 Å². The molecule has 25 heavy (non-hydrogen) atoms. The smallest absolute Gasteiger partial charge is 0.142 e. The first-order valence-electron chi connectivity index (χ1n) is 8.62. The minimum atomic E-state index is 0.380. The van der Waals surface area contributed by atoms with Crippen molar-refractivity contribution in [3.05, 3.63) is 41.6 Å². The van der Waals surface area contributed by atoms with Gasteiger partial charge >= 0.3 is 0 Å². The number of benzene rings is 1. The molecular formula is C19H22ClN5. The number of rotatable bonds is 2. The first-order chi connectivity index (χ1) is 12.1. The van der Waals surface area contributed by atoms with Crippen LogP contribution in [-0.2, 0) is 7.05 Å². The molecule has 2 aromatic heterocycles. The summed E-state index contributed by atoms with van der Waals surface area (Å²) in [6.07, 6.45) is 1.74. The van der Waals surface area contributed by atoms with E-state index < -0.39 is 0 Å². The Balaban J connectivity index is 1.83. The lowest BCUT2D eigenvalue weighted by Gasteiger charge is -2.40. The number of imidazole rings is 1. The van der Waals surface area contributed by atoms with E-state index >= 15 is 0 Å². The molecule has 4 rings (SSSR count). The second-order valence-electron chi connectivity index (χ2n) is 6.77. The van der Waals surface area contributed by atoms with Crippen LogP contribution in [0.2, 0.25) is 5.02 Å². The van der Waals surface area contributed by atoms with E-state index in [1.165, 1.54) is 0 Å². The van der Waals surface area contributed by atoms with Crippen molar-refractivity contribution in [3.63, 3.8) is 0 Å². The Morgan fingerprint density at radius 3 is 2.60 bits per heavy atom. The van der Waals surface area contributed by atoms with Gasteiger partial charge in [-0.15, -0.1) is 0 Å². The zero-order valence-electron chi connectivity index (χ0n) is 14.7. The minimum Gasteiger partial charge on any atom is -0.349 e. The molecule has 3 heterocycles. The van der Waals surface area contributed by atoms with Crippen molar-refractivity contribution in [2.45, 2.75) is 25.9 Å². The number of hydrogen-bond donors (Lipinski definition) is 1. The average Bonchev–Trinajstić information content (AvgIpc) is 2.93. The van der Waals surface area contributed by atoms with Crippen LogP contribution in [0.15, 0.2) is 36.5 Å². The molecule has 1 unspecified atom stereocenters. The molecule has 2 atom stereocenters. The molecule has 1 N–H and O–H groups in total. The summed E-state index contributed by atoms with van der Waals surface area (Å²) in [6.45, 7) is 6.34. The molecule has 1 aromatic carbocycles. The standard InChI is InChI=1S/C19H22ClN5/c1-12-9-21-10-13(2)25(12)18-8-14(15(20)11-22-18)19-23-16-6-4-5-7-17(16)24(19)3/h4-8,11-13,21H,9-10H2,1-3H3/t12-,13?/m0/s1. The van der Waals surface area contributed by atoms with Crippen LogP contribution in [0.1, 0.15) is 13.8 Å². The SMILES string of the molecule is CC1CNC[C@H](C)N1c1cc(-c2nc3ccccc3n2C)c(Cl)cn1. The van der Waals surface area contributed by atoms with Gasteiger partial charge in [-0.25, -0.2) is 9.97 Å². The van der Waals surface area contributed by atoms with Crippen LogP contribution >= 0.6 is 11.6 Å². The zero-order valence-corrected chi connectivity index (χ0v) is 15.5. The van der Waals surface area contributed by atoms with Gasteiger partial charge in [-0.05, 0) is 32.0 Å². The maximum absolute atomic E-state index is 6.50. The highest BCUT2D eigenvalue weighted by atomic mass is 35.5. The number of anilines is 1. The molecule has 3 aromatic rings. The molecule has 130 valence electrons. The Kier molecular flexibility index (Phi) is 4.13. The Labute approximate surface area is 152 Å². The van der Waals surface area contributed by atoms with Crippen LogP contribution in [0, 0.1) is 0 Å². The fourth-order valence-corrected chi connectivity index (χ4v) is 3.90. The maximum Gasteiger partial charge on any atom is 0.142 e. The lowest BCUT2D eigenvalue weighted by molar-refractivity contribution is 0.429. The van der Waals surface area contributed by atoms with E-state index in [9.17, 15) is 0 Å². The summed E-state index contributed by atoms with van der Waals surface area (Å²) in [5.74, 6) is 1.82. The van der Waals surface area contributed by atoms with Crippen LogP contribution in [0.4, 0.5) is 5.82 Å². The van der Waals surface area contributed by atoms with Gasteiger partial charge in [0.05, 0.1) is 16.1 Å². The molecule has 0 aliphatic carbocycles. The Hall–Kier alpha value is -2.11. The van der Waals surface area contributed by atoms with Gasteiger partial charge in [-0.1, -0.05) is 23.7 Å². The predicted octanol–water partition coefficient (Wildman–Crippen LogP) is 3.48. The second kappa shape index (κ2) is 6.32.